The third kappa shape index (κ3) is 4.39. The second kappa shape index (κ2) is 6.15. The normalized spacial score (nSPS) is 13.9. The molecule has 0 radical (unpaired) electrons. The Kier molecular flexibility index (Phi) is 5.28. The molecular weight excluding hydrogens is 313 g/mol. The number of halogens is 6. The summed E-state index contributed by atoms with van der Waals surface area (Å²) in [6.07, 6.45) is -7.45. The molecule has 0 aliphatic carbocycles. The van der Waals surface area contributed by atoms with Crippen LogP contribution in [0, 0.1) is 6.92 Å². The molecule has 1 rings (SSSR count). The first-order chi connectivity index (χ1) is 8.63. The molecule has 1 aromatic rings. The summed E-state index contributed by atoms with van der Waals surface area (Å²) in [5, 5.41) is -0.483. The van der Waals surface area contributed by atoms with E-state index in [1.165, 1.54) is 13.0 Å². The Bertz CT molecular complexity index is 492. The lowest BCUT2D eigenvalue weighted by molar-refractivity contribution is -0.121. The van der Waals surface area contributed by atoms with Crippen molar-refractivity contribution in [3.63, 3.8) is 0 Å². The van der Waals surface area contributed by atoms with Crippen LogP contribution in [-0.4, -0.2) is 16.9 Å². The minimum Gasteiger partial charge on any atom is -0.237 e. The van der Waals surface area contributed by atoms with Crippen LogP contribution in [0.2, 0.25) is 5.02 Å². The van der Waals surface area contributed by atoms with Gasteiger partial charge in [0.15, 0.2) is 0 Å². The highest BCUT2D eigenvalue weighted by Crippen LogP contribution is 2.34. The van der Waals surface area contributed by atoms with Crippen molar-refractivity contribution in [2.45, 2.75) is 24.4 Å². The van der Waals surface area contributed by atoms with E-state index >= 15 is 0 Å². The van der Waals surface area contributed by atoms with E-state index in [-0.39, 0.29) is 10.5 Å². The Hall–Kier alpha value is -0.730. The van der Waals surface area contributed by atoms with E-state index in [1.807, 2.05) is 0 Å². The van der Waals surface area contributed by atoms with Gasteiger partial charge in [-0.05, 0) is 18.6 Å². The predicted octanol–water partition coefficient (Wildman–Crippen LogP) is 3.76. The Labute approximate surface area is 113 Å². The zero-order valence-electron chi connectivity index (χ0n) is 9.52. The van der Waals surface area contributed by atoms with Crippen LogP contribution in [0.3, 0.4) is 0 Å². The molecule has 1 atom stereocenters. The monoisotopic (exact) mass is 321 g/mol. The standard InChI is InChI=1S/C10H9ClF5NOS/c1-5-2-3-6(8(11)7(5)9(12)13)19(18)17-4-10(14,15)16/h2-3,9,17H,4H2,1H3. The van der Waals surface area contributed by atoms with Gasteiger partial charge in [0.05, 0.1) is 9.92 Å². The molecule has 108 valence electrons. The lowest BCUT2D eigenvalue weighted by Gasteiger charge is -2.13. The number of hydrogen-bond acceptors (Lipinski definition) is 1. The van der Waals surface area contributed by atoms with E-state index in [1.54, 1.807) is 4.72 Å². The van der Waals surface area contributed by atoms with Gasteiger partial charge in [-0.3, -0.25) is 0 Å². The van der Waals surface area contributed by atoms with Crippen LogP contribution in [0.1, 0.15) is 17.6 Å². The van der Waals surface area contributed by atoms with Crippen molar-refractivity contribution >= 4 is 22.6 Å². The molecule has 0 aliphatic rings. The van der Waals surface area contributed by atoms with E-state index in [2.05, 4.69) is 0 Å². The number of nitrogens with one attached hydrogen (secondary N) is 1. The van der Waals surface area contributed by atoms with E-state index in [4.69, 9.17) is 11.6 Å². The predicted molar refractivity (Wildman–Crippen MR) is 61.6 cm³/mol. The summed E-state index contributed by atoms with van der Waals surface area (Å²) in [6, 6.07) is 2.39. The van der Waals surface area contributed by atoms with Gasteiger partial charge in [0.25, 0.3) is 6.43 Å². The van der Waals surface area contributed by atoms with Gasteiger partial charge in [-0.15, -0.1) is 0 Å². The van der Waals surface area contributed by atoms with E-state index in [0.29, 0.717) is 0 Å². The molecule has 0 fully saturated rings. The van der Waals surface area contributed by atoms with Crippen LogP contribution in [0.5, 0.6) is 0 Å². The van der Waals surface area contributed by atoms with Crippen molar-refractivity contribution in [2.75, 3.05) is 6.54 Å². The molecule has 1 N–H and O–H groups in total. The number of hydrogen-bond donors (Lipinski definition) is 1. The van der Waals surface area contributed by atoms with Crippen molar-refractivity contribution in [3.05, 3.63) is 28.3 Å². The molecule has 0 aromatic heterocycles. The first-order valence-electron chi connectivity index (χ1n) is 4.92. The highest BCUT2D eigenvalue weighted by atomic mass is 35.5. The van der Waals surface area contributed by atoms with E-state index in [0.717, 1.165) is 6.07 Å². The van der Waals surface area contributed by atoms with E-state index < -0.39 is 40.7 Å². The molecule has 0 amide bonds. The number of alkyl halides is 5. The van der Waals surface area contributed by atoms with Crippen molar-refractivity contribution < 1.29 is 26.2 Å². The molecule has 0 saturated heterocycles. The maximum absolute atomic E-state index is 12.7. The Morgan fingerprint density at radius 3 is 2.42 bits per heavy atom. The molecule has 0 heterocycles. The van der Waals surface area contributed by atoms with Crippen molar-refractivity contribution in [1.29, 1.82) is 0 Å². The van der Waals surface area contributed by atoms with Crippen LogP contribution < -0.4 is 4.72 Å². The Morgan fingerprint density at radius 2 is 1.95 bits per heavy atom. The van der Waals surface area contributed by atoms with Gasteiger partial charge in [0, 0.05) is 5.56 Å². The fourth-order valence-corrected chi connectivity index (χ4v) is 2.73. The summed E-state index contributed by atoms with van der Waals surface area (Å²) in [7, 11) is -2.31. The molecule has 1 unspecified atom stereocenters. The second-order valence-electron chi connectivity index (χ2n) is 3.61. The van der Waals surface area contributed by atoms with Gasteiger partial charge < -0.3 is 0 Å². The Morgan fingerprint density at radius 1 is 1.37 bits per heavy atom. The average Bonchev–Trinajstić information content (AvgIpc) is 2.24. The van der Waals surface area contributed by atoms with Gasteiger partial charge in [-0.2, -0.15) is 13.2 Å². The van der Waals surface area contributed by atoms with Crippen LogP contribution >= 0.6 is 11.6 Å². The van der Waals surface area contributed by atoms with Crippen molar-refractivity contribution in [3.8, 4) is 0 Å². The highest BCUT2D eigenvalue weighted by molar-refractivity contribution is 7.83. The average molecular weight is 322 g/mol. The molecule has 19 heavy (non-hydrogen) atoms. The van der Waals surface area contributed by atoms with Crippen molar-refractivity contribution in [2.24, 2.45) is 0 Å². The zero-order valence-corrected chi connectivity index (χ0v) is 11.1. The minimum absolute atomic E-state index is 0.177. The zero-order chi connectivity index (χ0) is 14.8. The SMILES string of the molecule is Cc1ccc(S(=O)NCC(F)(F)F)c(Cl)c1C(F)F. The fraction of sp³-hybridized carbons (Fsp3) is 0.400. The quantitative estimate of drug-likeness (QED) is 0.841. The number of benzene rings is 1. The molecule has 1 aromatic carbocycles. The summed E-state index contributed by atoms with van der Waals surface area (Å²) in [4.78, 5) is -0.299. The molecule has 0 bridgehead atoms. The van der Waals surface area contributed by atoms with E-state index in [9.17, 15) is 26.2 Å². The highest BCUT2D eigenvalue weighted by Gasteiger charge is 2.28. The van der Waals surface area contributed by atoms with Crippen molar-refractivity contribution in [1.82, 2.24) is 4.72 Å². The summed E-state index contributed by atoms with van der Waals surface area (Å²) < 4.78 is 74.6. The van der Waals surface area contributed by atoms with Gasteiger partial charge in [-0.1, -0.05) is 17.7 Å². The smallest absolute Gasteiger partial charge is 0.237 e. The van der Waals surface area contributed by atoms with Crippen LogP contribution in [0.25, 0.3) is 0 Å². The molecule has 0 aliphatic heterocycles. The summed E-state index contributed by atoms with van der Waals surface area (Å²) in [5.41, 5.74) is -0.349. The van der Waals surface area contributed by atoms with Crippen LogP contribution in [0.15, 0.2) is 17.0 Å². The maximum Gasteiger partial charge on any atom is 0.402 e. The number of aryl methyl sites for hydroxylation is 1. The summed E-state index contributed by atoms with van der Waals surface area (Å²) in [5.74, 6) is 0. The lowest BCUT2D eigenvalue weighted by atomic mass is 10.1. The Balaban J connectivity index is 3.02. The first kappa shape index (κ1) is 16.3. The van der Waals surface area contributed by atoms with Crippen LogP contribution in [0.4, 0.5) is 22.0 Å². The summed E-state index contributed by atoms with van der Waals surface area (Å²) >= 11 is 5.66. The largest absolute Gasteiger partial charge is 0.402 e. The molecule has 9 heteroatoms. The van der Waals surface area contributed by atoms with Gasteiger partial charge in [0.1, 0.15) is 17.5 Å². The molecule has 0 spiro atoms. The second-order valence-corrected chi connectivity index (χ2v) is 5.26. The van der Waals surface area contributed by atoms with Gasteiger partial charge >= 0.3 is 6.18 Å². The topological polar surface area (TPSA) is 29.1 Å². The fourth-order valence-electron chi connectivity index (χ4n) is 1.31. The molecule has 2 nitrogen and oxygen atoms in total. The third-order valence-electron chi connectivity index (χ3n) is 2.18. The molecular formula is C10H9ClF5NOS. The third-order valence-corrected chi connectivity index (χ3v) is 3.85. The molecule has 0 saturated carbocycles. The summed E-state index contributed by atoms with van der Waals surface area (Å²) in [6.45, 7) is -0.128. The first-order valence-corrected chi connectivity index (χ1v) is 6.45. The van der Waals surface area contributed by atoms with Gasteiger partial charge in [0.2, 0.25) is 0 Å². The van der Waals surface area contributed by atoms with Gasteiger partial charge in [-0.25, -0.2) is 17.7 Å². The number of rotatable bonds is 4. The van der Waals surface area contributed by atoms with Crippen LogP contribution in [-0.2, 0) is 11.0 Å². The minimum atomic E-state index is -4.56. The maximum atomic E-state index is 12.7. The lowest BCUT2D eigenvalue weighted by Crippen LogP contribution is -2.30.